The van der Waals surface area contributed by atoms with Crippen LogP contribution in [0.5, 0.6) is 5.75 Å². The van der Waals surface area contributed by atoms with Crippen LogP contribution in [-0.4, -0.2) is 39.9 Å². The highest BCUT2D eigenvalue weighted by Gasteiger charge is 2.36. The van der Waals surface area contributed by atoms with Crippen molar-refractivity contribution in [2.45, 2.75) is 46.1 Å². The second-order valence-corrected chi connectivity index (χ2v) is 6.95. The monoisotopic (exact) mass is 475 g/mol. The first kappa shape index (κ1) is 23.0. The minimum absolute atomic E-state index is 0. The zero-order chi connectivity index (χ0) is 18.1. The van der Waals surface area contributed by atoms with Crippen LogP contribution in [0.2, 0.25) is 0 Å². The molecule has 26 heavy (non-hydrogen) atoms. The number of methoxy groups -OCH3 is 2. The number of hydrogen-bond donors (Lipinski definition) is 2. The normalized spacial score (nSPS) is 15.6. The Morgan fingerprint density at radius 2 is 2.00 bits per heavy atom. The zero-order valence-electron chi connectivity index (χ0n) is 16.6. The number of benzene rings is 1. The molecular weight excluding hydrogens is 441 g/mol. The summed E-state index contributed by atoms with van der Waals surface area (Å²) in [5, 5.41) is 6.88. The first-order valence-corrected chi connectivity index (χ1v) is 9.27. The molecule has 6 heteroatoms. The quantitative estimate of drug-likeness (QED) is 0.324. The molecule has 0 spiro atoms. The molecule has 148 valence electrons. The summed E-state index contributed by atoms with van der Waals surface area (Å²) in [6.07, 6.45) is 4.99. The molecule has 1 aromatic carbocycles. The van der Waals surface area contributed by atoms with E-state index in [9.17, 15) is 0 Å². The van der Waals surface area contributed by atoms with E-state index in [1.54, 1.807) is 14.2 Å². The van der Waals surface area contributed by atoms with Crippen molar-refractivity contribution in [3.05, 3.63) is 29.3 Å². The summed E-state index contributed by atoms with van der Waals surface area (Å²) in [5.41, 5.74) is 2.67. The fourth-order valence-corrected chi connectivity index (χ4v) is 3.26. The van der Waals surface area contributed by atoms with Gasteiger partial charge in [-0.05, 0) is 55.7 Å². The van der Waals surface area contributed by atoms with E-state index in [2.05, 4.69) is 42.7 Å². The molecule has 0 aromatic heterocycles. The van der Waals surface area contributed by atoms with Gasteiger partial charge in [0.25, 0.3) is 0 Å². The number of ether oxygens (including phenoxy) is 2. The van der Waals surface area contributed by atoms with Crippen LogP contribution in [-0.2, 0) is 11.3 Å². The van der Waals surface area contributed by atoms with Gasteiger partial charge < -0.3 is 20.1 Å². The van der Waals surface area contributed by atoms with Gasteiger partial charge in [0.15, 0.2) is 5.96 Å². The number of hydrogen-bond acceptors (Lipinski definition) is 3. The summed E-state index contributed by atoms with van der Waals surface area (Å²) >= 11 is 0. The Hall–Kier alpha value is -1.02. The number of halogens is 1. The zero-order valence-corrected chi connectivity index (χ0v) is 18.9. The minimum atomic E-state index is 0. The van der Waals surface area contributed by atoms with Gasteiger partial charge in [-0.2, -0.15) is 0 Å². The lowest BCUT2D eigenvalue weighted by molar-refractivity contribution is 0.0732. The number of aryl methyl sites for hydroxylation is 1. The molecule has 0 atom stereocenters. The third kappa shape index (κ3) is 6.61. The fraction of sp³-hybridized carbons (Fsp3) is 0.650. The third-order valence-corrected chi connectivity index (χ3v) is 5.12. The van der Waals surface area contributed by atoms with Crippen LogP contribution in [0, 0.1) is 12.3 Å². The average molecular weight is 475 g/mol. The SMILES string of the molecule is CCNC(=NCc1ccc(C)c(OC)c1)NCC1(CCOC)CCC1.I. The van der Waals surface area contributed by atoms with Crippen molar-refractivity contribution in [3.8, 4) is 5.75 Å². The second-order valence-electron chi connectivity index (χ2n) is 6.95. The van der Waals surface area contributed by atoms with Gasteiger partial charge in [0.1, 0.15) is 5.75 Å². The molecule has 1 aliphatic rings. The Morgan fingerprint density at radius 3 is 2.58 bits per heavy atom. The Labute approximate surface area is 175 Å². The van der Waals surface area contributed by atoms with Crippen LogP contribution in [0.25, 0.3) is 0 Å². The van der Waals surface area contributed by atoms with Crippen LogP contribution in [0.15, 0.2) is 23.2 Å². The van der Waals surface area contributed by atoms with Gasteiger partial charge in [-0.3, -0.25) is 0 Å². The van der Waals surface area contributed by atoms with Crippen molar-refractivity contribution in [3.63, 3.8) is 0 Å². The summed E-state index contributed by atoms with van der Waals surface area (Å²) in [6, 6.07) is 6.25. The maximum atomic E-state index is 5.40. The Morgan fingerprint density at radius 1 is 1.23 bits per heavy atom. The standard InChI is InChI=1S/C20H33N3O2.HI/c1-5-21-19(23-15-20(9-6-10-20)11-12-24-3)22-14-17-8-7-16(2)18(13-17)25-4;/h7-8,13H,5-6,9-12,14-15H2,1-4H3,(H2,21,22,23);1H. The highest BCUT2D eigenvalue weighted by Crippen LogP contribution is 2.43. The Bertz CT molecular complexity index is 574. The predicted molar refractivity (Wildman–Crippen MR) is 119 cm³/mol. The van der Waals surface area contributed by atoms with E-state index < -0.39 is 0 Å². The van der Waals surface area contributed by atoms with Crippen molar-refractivity contribution >= 4 is 29.9 Å². The number of aliphatic imine (C=N–C) groups is 1. The molecule has 1 fully saturated rings. The Kier molecular flexibility index (Phi) is 10.3. The molecule has 0 amide bonds. The molecule has 2 N–H and O–H groups in total. The lowest BCUT2D eigenvalue weighted by Gasteiger charge is -2.42. The molecule has 0 aliphatic heterocycles. The molecule has 1 aromatic rings. The minimum Gasteiger partial charge on any atom is -0.496 e. The molecule has 0 heterocycles. The predicted octanol–water partition coefficient (Wildman–Crippen LogP) is 3.88. The van der Waals surface area contributed by atoms with Crippen LogP contribution < -0.4 is 15.4 Å². The lowest BCUT2D eigenvalue weighted by Crippen LogP contribution is -2.46. The number of rotatable bonds is 9. The topological polar surface area (TPSA) is 54.9 Å². The van der Waals surface area contributed by atoms with Gasteiger partial charge in [-0.15, -0.1) is 24.0 Å². The van der Waals surface area contributed by atoms with E-state index in [-0.39, 0.29) is 24.0 Å². The van der Waals surface area contributed by atoms with Gasteiger partial charge in [0, 0.05) is 26.8 Å². The van der Waals surface area contributed by atoms with Crippen molar-refractivity contribution in [1.29, 1.82) is 0 Å². The molecular formula is C20H34IN3O2. The van der Waals surface area contributed by atoms with Gasteiger partial charge in [0.05, 0.1) is 13.7 Å². The van der Waals surface area contributed by atoms with E-state index in [1.165, 1.54) is 19.3 Å². The summed E-state index contributed by atoms with van der Waals surface area (Å²) in [4.78, 5) is 4.74. The number of guanidine groups is 1. The van der Waals surface area contributed by atoms with Crippen molar-refractivity contribution in [1.82, 2.24) is 10.6 Å². The fourth-order valence-electron chi connectivity index (χ4n) is 3.26. The molecule has 0 unspecified atom stereocenters. The second kappa shape index (κ2) is 11.6. The van der Waals surface area contributed by atoms with Crippen molar-refractivity contribution < 1.29 is 9.47 Å². The van der Waals surface area contributed by atoms with E-state index in [0.717, 1.165) is 49.0 Å². The molecule has 0 bridgehead atoms. The van der Waals surface area contributed by atoms with Crippen molar-refractivity contribution in [2.24, 2.45) is 10.4 Å². The highest BCUT2D eigenvalue weighted by atomic mass is 127. The smallest absolute Gasteiger partial charge is 0.191 e. The summed E-state index contributed by atoms with van der Waals surface area (Å²) in [7, 11) is 3.49. The van der Waals surface area contributed by atoms with Crippen LogP contribution in [0.4, 0.5) is 0 Å². The van der Waals surface area contributed by atoms with E-state index in [4.69, 9.17) is 14.5 Å². The molecule has 0 saturated heterocycles. The number of nitrogens with one attached hydrogen (secondary N) is 2. The molecule has 1 saturated carbocycles. The largest absolute Gasteiger partial charge is 0.496 e. The first-order valence-electron chi connectivity index (χ1n) is 9.27. The lowest BCUT2D eigenvalue weighted by atomic mass is 9.67. The maximum Gasteiger partial charge on any atom is 0.191 e. The van der Waals surface area contributed by atoms with Gasteiger partial charge >= 0.3 is 0 Å². The van der Waals surface area contributed by atoms with Crippen LogP contribution >= 0.6 is 24.0 Å². The Balaban J connectivity index is 0.00000338. The summed E-state index contributed by atoms with van der Waals surface area (Å²) < 4.78 is 10.7. The molecule has 2 rings (SSSR count). The van der Waals surface area contributed by atoms with Gasteiger partial charge in [-0.1, -0.05) is 18.6 Å². The maximum absolute atomic E-state index is 5.40. The van der Waals surface area contributed by atoms with Crippen LogP contribution in [0.1, 0.15) is 43.7 Å². The van der Waals surface area contributed by atoms with E-state index in [0.29, 0.717) is 12.0 Å². The van der Waals surface area contributed by atoms with Gasteiger partial charge in [-0.25, -0.2) is 4.99 Å². The van der Waals surface area contributed by atoms with Crippen LogP contribution in [0.3, 0.4) is 0 Å². The van der Waals surface area contributed by atoms with Crippen molar-refractivity contribution in [2.75, 3.05) is 33.9 Å². The molecule has 1 aliphatic carbocycles. The van der Waals surface area contributed by atoms with E-state index >= 15 is 0 Å². The first-order chi connectivity index (χ1) is 12.1. The van der Waals surface area contributed by atoms with E-state index in [1.807, 2.05) is 0 Å². The summed E-state index contributed by atoms with van der Waals surface area (Å²) in [6.45, 7) is 7.43. The van der Waals surface area contributed by atoms with Gasteiger partial charge in [0.2, 0.25) is 0 Å². The average Bonchev–Trinajstić information content (AvgIpc) is 2.59. The highest BCUT2D eigenvalue weighted by molar-refractivity contribution is 14.0. The molecule has 5 nitrogen and oxygen atoms in total. The summed E-state index contributed by atoms with van der Waals surface area (Å²) in [5.74, 6) is 1.80. The molecule has 0 radical (unpaired) electrons. The number of nitrogens with zero attached hydrogens (tertiary/aromatic N) is 1. The third-order valence-electron chi connectivity index (χ3n) is 5.12.